The topological polar surface area (TPSA) is 58.6 Å². The Morgan fingerprint density at radius 2 is 2.06 bits per heavy atom. The number of nitrogens with one attached hydrogen (secondary N) is 1. The molecule has 0 aromatic heterocycles. The van der Waals surface area contributed by atoms with Crippen molar-refractivity contribution in [2.75, 3.05) is 13.7 Å². The van der Waals surface area contributed by atoms with Crippen LogP contribution in [-0.2, 0) is 4.79 Å². The Morgan fingerprint density at radius 1 is 1.35 bits per heavy atom. The van der Waals surface area contributed by atoms with Crippen LogP contribution in [0.5, 0.6) is 5.75 Å². The van der Waals surface area contributed by atoms with Gasteiger partial charge in [-0.25, -0.2) is 4.79 Å². The molecule has 1 fully saturated rings. The number of amides is 3. The molecule has 0 radical (unpaired) electrons. The molecule has 1 saturated heterocycles. The summed E-state index contributed by atoms with van der Waals surface area (Å²) in [5, 5.41) is 2.28. The number of urea groups is 1. The number of para-hydroxylation sites is 1. The molecule has 1 N–H and O–H groups in total. The van der Waals surface area contributed by atoms with Crippen molar-refractivity contribution < 1.29 is 14.3 Å². The first-order valence-electron chi connectivity index (χ1n) is 5.44. The monoisotopic (exact) mass is 234 g/mol. The molecule has 0 bridgehead atoms. The van der Waals surface area contributed by atoms with Crippen LogP contribution in [0.25, 0.3) is 0 Å². The predicted octanol–water partition coefficient (Wildman–Crippen LogP) is 1.31. The number of carbonyl (C=O) groups excluding carboxylic acids is 2. The molecule has 1 aliphatic rings. The lowest BCUT2D eigenvalue weighted by Gasteiger charge is -2.19. The van der Waals surface area contributed by atoms with Gasteiger partial charge in [0.05, 0.1) is 6.61 Å². The third kappa shape index (κ3) is 1.95. The van der Waals surface area contributed by atoms with Gasteiger partial charge in [-0.2, -0.15) is 0 Å². The van der Waals surface area contributed by atoms with Crippen molar-refractivity contribution in [1.82, 2.24) is 10.2 Å². The minimum absolute atomic E-state index is 0.315. The van der Waals surface area contributed by atoms with E-state index in [4.69, 9.17) is 4.74 Å². The quantitative estimate of drug-likeness (QED) is 0.802. The molecule has 1 heterocycles. The maximum atomic E-state index is 11.7. The number of imide groups is 1. The summed E-state index contributed by atoms with van der Waals surface area (Å²) in [5.41, 5.74) is 0.709. The summed E-state index contributed by atoms with van der Waals surface area (Å²) in [6.45, 7) is 2.39. The van der Waals surface area contributed by atoms with Crippen molar-refractivity contribution in [3.05, 3.63) is 29.8 Å². The highest BCUT2D eigenvalue weighted by Gasteiger charge is 2.38. The summed E-state index contributed by atoms with van der Waals surface area (Å²) < 4.78 is 5.46. The normalized spacial score (nSPS) is 19.4. The number of hydrogen-bond acceptors (Lipinski definition) is 3. The average Bonchev–Trinajstić information content (AvgIpc) is 2.55. The maximum absolute atomic E-state index is 11.7. The van der Waals surface area contributed by atoms with Gasteiger partial charge in [0, 0.05) is 12.6 Å². The first kappa shape index (κ1) is 11.4. The van der Waals surface area contributed by atoms with E-state index in [1.807, 2.05) is 19.1 Å². The van der Waals surface area contributed by atoms with Gasteiger partial charge in [-0.15, -0.1) is 0 Å². The second-order valence-corrected chi connectivity index (χ2v) is 3.78. The molecule has 5 nitrogen and oxygen atoms in total. The van der Waals surface area contributed by atoms with Crippen LogP contribution in [-0.4, -0.2) is 30.5 Å². The van der Waals surface area contributed by atoms with Crippen LogP contribution < -0.4 is 10.1 Å². The number of hydrogen-bond donors (Lipinski definition) is 1. The molecule has 1 aromatic rings. The van der Waals surface area contributed by atoms with Crippen molar-refractivity contribution in [2.24, 2.45) is 0 Å². The maximum Gasteiger partial charge on any atom is 0.324 e. The van der Waals surface area contributed by atoms with Gasteiger partial charge < -0.3 is 9.64 Å². The van der Waals surface area contributed by atoms with Gasteiger partial charge in [0.1, 0.15) is 11.8 Å². The summed E-state index contributed by atoms with van der Waals surface area (Å²) in [4.78, 5) is 24.5. The molecule has 3 amide bonds. The summed E-state index contributed by atoms with van der Waals surface area (Å²) in [7, 11) is 1.59. The van der Waals surface area contributed by atoms with Crippen LogP contribution in [0.3, 0.4) is 0 Å². The van der Waals surface area contributed by atoms with E-state index >= 15 is 0 Å². The molecule has 1 unspecified atom stereocenters. The first-order valence-corrected chi connectivity index (χ1v) is 5.44. The minimum Gasteiger partial charge on any atom is -0.494 e. The lowest BCUT2D eigenvalue weighted by Crippen LogP contribution is -2.25. The van der Waals surface area contributed by atoms with Crippen LogP contribution in [0.4, 0.5) is 4.79 Å². The summed E-state index contributed by atoms with van der Waals surface area (Å²) in [6.07, 6.45) is 0. The Kier molecular flexibility index (Phi) is 2.99. The Bertz CT molecular complexity index is 459. The molecule has 1 aromatic carbocycles. The van der Waals surface area contributed by atoms with E-state index in [9.17, 15) is 9.59 Å². The summed E-state index contributed by atoms with van der Waals surface area (Å²) in [5.74, 6) is 0.321. The lowest BCUT2D eigenvalue weighted by molar-refractivity contribution is -0.121. The van der Waals surface area contributed by atoms with Gasteiger partial charge in [-0.05, 0) is 13.0 Å². The Labute approximate surface area is 99.4 Å². The molecule has 1 aliphatic heterocycles. The van der Waals surface area contributed by atoms with Crippen LogP contribution in [0.2, 0.25) is 0 Å². The number of likely N-dealkylation sites (N-methyl/N-ethyl adjacent to an activating group) is 1. The van der Waals surface area contributed by atoms with E-state index in [0.717, 1.165) is 0 Å². The Morgan fingerprint density at radius 3 is 2.65 bits per heavy atom. The smallest absolute Gasteiger partial charge is 0.324 e. The van der Waals surface area contributed by atoms with E-state index in [0.29, 0.717) is 17.9 Å². The fraction of sp³-hybridized carbons (Fsp3) is 0.333. The molecule has 0 aliphatic carbocycles. The Balaban J connectivity index is 2.39. The molecule has 17 heavy (non-hydrogen) atoms. The van der Waals surface area contributed by atoms with E-state index in [-0.39, 0.29) is 11.9 Å². The molecule has 0 spiro atoms. The first-order chi connectivity index (χ1) is 8.15. The van der Waals surface area contributed by atoms with Gasteiger partial charge >= 0.3 is 6.03 Å². The van der Waals surface area contributed by atoms with Crippen LogP contribution >= 0.6 is 0 Å². The second kappa shape index (κ2) is 4.45. The highest BCUT2D eigenvalue weighted by Crippen LogP contribution is 2.31. The standard InChI is InChI=1S/C12H14N2O3/c1-3-17-9-7-5-4-6-8(9)10-11(15)13-12(16)14(10)2/h4-7,10H,3H2,1-2H3,(H,13,15,16). The number of carbonyl (C=O) groups is 2. The fourth-order valence-electron chi connectivity index (χ4n) is 1.90. The highest BCUT2D eigenvalue weighted by atomic mass is 16.5. The zero-order valence-electron chi connectivity index (χ0n) is 9.77. The zero-order chi connectivity index (χ0) is 12.4. The Hall–Kier alpha value is -2.04. The molecule has 1 atom stereocenters. The fourth-order valence-corrected chi connectivity index (χ4v) is 1.90. The van der Waals surface area contributed by atoms with Crippen molar-refractivity contribution >= 4 is 11.9 Å². The third-order valence-electron chi connectivity index (χ3n) is 2.70. The number of nitrogens with zero attached hydrogens (tertiary/aromatic N) is 1. The van der Waals surface area contributed by atoms with Crippen molar-refractivity contribution in [1.29, 1.82) is 0 Å². The van der Waals surface area contributed by atoms with Crippen LogP contribution in [0.1, 0.15) is 18.5 Å². The van der Waals surface area contributed by atoms with Crippen LogP contribution in [0.15, 0.2) is 24.3 Å². The minimum atomic E-state index is -0.606. The SMILES string of the molecule is CCOc1ccccc1C1C(=O)NC(=O)N1C. The van der Waals surface area contributed by atoms with E-state index in [1.54, 1.807) is 19.2 Å². The van der Waals surface area contributed by atoms with Crippen LogP contribution in [0, 0.1) is 0 Å². The summed E-state index contributed by atoms with van der Waals surface area (Å²) in [6, 6.07) is 6.26. The average molecular weight is 234 g/mol. The number of rotatable bonds is 3. The van der Waals surface area contributed by atoms with E-state index < -0.39 is 6.04 Å². The number of benzene rings is 1. The highest BCUT2D eigenvalue weighted by molar-refractivity contribution is 6.04. The van der Waals surface area contributed by atoms with Gasteiger partial charge in [-0.1, -0.05) is 18.2 Å². The summed E-state index contributed by atoms with van der Waals surface area (Å²) >= 11 is 0. The molecular weight excluding hydrogens is 220 g/mol. The van der Waals surface area contributed by atoms with E-state index in [2.05, 4.69) is 5.32 Å². The molecular formula is C12H14N2O3. The van der Waals surface area contributed by atoms with E-state index in [1.165, 1.54) is 4.90 Å². The van der Waals surface area contributed by atoms with Crippen molar-refractivity contribution in [3.8, 4) is 5.75 Å². The van der Waals surface area contributed by atoms with Gasteiger partial charge in [0.15, 0.2) is 0 Å². The predicted molar refractivity (Wildman–Crippen MR) is 61.7 cm³/mol. The molecule has 0 saturated carbocycles. The zero-order valence-corrected chi connectivity index (χ0v) is 9.77. The molecule has 2 rings (SSSR count). The second-order valence-electron chi connectivity index (χ2n) is 3.78. The van der Waals surface area contributed by atoms with Gasteiger partial charge in [0.25, 0.3) is 5.91 Å². The number of ether oxygens (including phenoxy) is 1. The lowest BCUT2D eigenvalue weighted by atomic mass is 10.1. The third-order valence-corrected chi connectivity index (χ3v) is 2.70. The largest absolute Gasteiger partial charge is 0.494 e. The van der Waals surface area contributed by atoms with Gasteiger partial charge in [-0.3, -0.25) is 10.1 Å². The van der Waals surface area contributed by atoms with Crippen molar-refractivity contribution in [3.63, 3.8) is 0 Å². The van der Waals surface area contributed by atoms with Gasteiger partial charge in [0.2, 0.25) is 0 Å². The molecule has 90 valence electrons. The molecule has 5 heteroatoms. The van der Waals surface area contributed by atoms with Crippen molar-refractivity contribution in [2.45, 2.75) is 13.0 Å².